The van der Waals surface area contributed by atoms with Crippen molar-refractivity contribution in [2.45, 2.75) is 20.8 Å². The molecule has 0 aliphatic carbocycles. The number of nitrogens with one attached hydrogen (secondary N) is 2. The molecule has 2 aromatic rings. The van der Waals surface area contributed by atoms with Crippen molar-refractivity contribution in [3.05, 3.63) is 23.3 Å². The Bertz CT molecular complexity index is 643. The number of carbonyl (C=O) groups is 1. The summed E-state index contributed by atoms with van der Waals surface area (Å²) in [5.74, 6) is -0.336. The molecular weight excluding hydrogens is 306 g/mol. The summed E-state index contributed by atoms with van der Waals surface area (Å²) in [6, 6.07) is 4.17. The molecule has 0 saturated heterocycles. The minimum absolute atomic E-state index is 0.0444. The maximum Gasteiger partial charge on any atom is 0.325 e. The fraction of sp³-hybridized carbons (Fsp3) is 0.357. The first-order chi connectivity index (χ1) is 9.99. The molecule has 0 radical (unpaired) electrons. The zero-order valence-corrected chi connectivity index (χ0v) is 13.8. The van der Waals surface area contributed by atoms with Gasteiger partial charge in [-0.1, -0.05) is 11.3 Å². The highest BCUT2D eigenvalue weighted by atomic mass is 32.1. The lowest BCUT2D eigenvalue weighted by Gasteiger charge is -2.07. The van der Waals surface area contributed by atoms with Crippen molar-refractivity contribution in [1.82, 2.24) is 10.3 Å². The normalized spacial score (nSPS) is 10.4. The molecule has 0 unspecified atom stereocenters. The number of aromatic nitrogens is 1. The van der Waals surface area contributed by atoms with Gasteiger partial charge < -0.3 is 15.4 Å². The molecule has 21 heavy (non-hydrogen) atoms. The van der Waals surface area contributed by atoms with Crippen LogP contribution in [0.25, 0.3) is 10.2 Å². The molecule has 0 aliphatic rings. The number of rotatable bonds is 4. The van der Waals surface area contributed by atoms with E-state index < -0.39 is 0 Å². The SMILES string of the molecule is CCOC(=O)CNC(=S)Nc1nc2cc(C)c(C)cc2s1. The van der Waals surface area contributed by atoms with Gasteiger partial charge in [-0.2, -0.15) is 0 Å². The molecule has 1 heterocycles. The van der Waals surface area contributed by atoms with Crippen LogP contribution in [0.5, 0.6) is 0 Å². The van der Waals surface area contributed by atoms with Gasteiger partial charge >= 0.3 is 5.97 Å². The van der Waals surface area contributed by atoms with E-state index >= 15 is 0 Å². The molecule has 0 spiro atoms. The number of carbonyl (C=O) groups excluding carboxylic acids is 1. The van der Waals surface area contributed by atoms with Crippen LogP contribution in [0.15, 0.2) is 12.1 Å². The fourth-order valence-electron chi connectivity index (χ4n) is 1.74. The average Bonchev–Trinajstić information content (AvgIpc) is 2.78. The topological polar surface area (TPSA) is 63.2 Å². The van der Waals surface area contributed by atoms with Crippen molar-refractivity contribution < 1.29 is 9.53 Å². The summed E-state index contributed by atoms with van der Waals surface area (Å²) in [7, 11) is 0. The highest BCUT2D eigenvalue weighted by Crippen LogP contribution is 2.28. The molecule has 0 atom stereocenters. The first kappa shape index (κ1) is 15.7. The van der Waals surface area contributed by atoms with E-state index in [0.29, 0.717) is 16.9 Å². The van der Waals surface area contributed by atoms with E-state index in [1.807, 2.05) is 0 Å². The van der Waals surface area contributed by atoms with Gasteiger partial charge in [-0.15, -0.1) is 0 Å². The predicted molar refractivity (Wildman–Crippen MR) is 90.0 cm³/mol. The number of esters is 1. The molecule has 0 fully saturated rings. The van der Waals surface area contributed by atoms with Gasteiger partial charge in [0.15, 0.2) is 10.2 Å². The number of benzene rings is 1. The minimum Gasteiger partial charge on any atom is -0.465 e. The number of thiocarbonyl (C=S) groups is 1. The molecule has 2 N–H and O–H groups in total. The van der Waals surface area contributed by atoms with Crippen LogP contribution in [-0.4, -0.2) is 29.2 Å². The first-order valence-electron chi connectivity index (χ1n) is 6.58. The number of ether oxygens (including phenoxy) is 1. The average molecular weight is 323 g/mol. The van der Waals surface area contributed by atoms with E-state index in [9.17, 15) is 4.79 Å². The van der Waals surface area contributed by atoms with Crippen molar-refractivity contribution >= 4 is 50.0 Å². The Morgan fingerprint density at radius 2 is 2.10 bits per heavy atom. The number of hydrogen-bond donors (Lipinski definition) is 2. The van der Waals surface area contributed by atoms with E-state index in [0.717, 1.165) is 10.2 Å². The summed E-state index contributed by atoms with van der Waals surface area (Å²) >= 11 is 6.66. The molecule has 1 aromatic heterocycles. The van der Waals surface area contributed by atoms with Crippen LogP contribution < -0.4 is 10.6 Å². The van der Waals surface area contributed by atoms with Crippen LogP contribution in [0.1, 0.15) is 18.1 Å². The van der Waals surface area contributed by atoms with Crippen molar-refractivity contribution in [2.75, 3.05) is 18.5 Å². The quantitative estimate of drug-likeness (QED) is 0.666. The smallest absolute Gasteiger partial charge is 0.325 e. The summed E-state index contributed by atoms with van der Waals surface area (Å²) in [6.07, 6.45) is 0. The van der Waals surface area contributed by atoms with Crippen molar-refractivity contribution in [2.24, 2.45) is 0 Å². The summed E-state index contributed by atoms with van der Waals surface area (Å²) in [6.45, 7) is 6.31. The lowest BCUT2D eigenvalue weighted by atomic mass is 10.1. The third-order valence-corrected chi connectivity index (χ3v) is 4.10. The van der Waals surface area contributed by atoms with Crippen molar-refractivity contribution in [1.29, 1.82) is 0 Å². The largest absolute Gasteiger partial charge is 0.465 e. The van der Waals surface area contributed by atoms with Crippen LogP contribution in [0.2, 0.25) is 0 Å². The van der Waals surface area contributed by atoms with E-state index in [4.69, 9.17) is 17.0 Å². The minimum atomic E-state index is -0.336. The lowest BCUT2D eigenvalue weighted by Crippen LogP contribution is -2.33. The Labute approximate surface area is 132 Å². The van der Waals surface area contributed by atoms with Crippen LogP contribution in [0.4, 0.5) is 5.13 Å². The number of nitrogens with zero attached hydrogens (tertiary/aromatic N) is 1. The van der Waals surface area contributed by atoms with Gasteiger partial charge in [-0.25, -0.2) is 4.98 Å². The molecule has 2 rings (SSSR count). The lowest BCUT2D eigenvalue weighted by molar-refractivity contribution is -0.141. The van der Waals surface area contributed by atoms with Crippen LogP contribution in [0.3, 0.4) is 0 Å². The molecule has 1 aromatic carbocycles. The maximum absolute atomic E-state index is 11.2. The summed E-state index contributed by atoms with van der Waals surface area (Å²) in [4.78, 5) is 15.7. The molecule has 0 bridgehead atoms. The molecule has 7 heteroatoms. The van der Waals surface area contributed by atoms with E-state index in [-0.39, 0.29) is 12.5 Å². The van der Waals surface area contributed by atoms with Gasteiger partial charge in [0.25, 0.3) is 0 Å². The molecule has 0 saturated carbocycles. The van der Waals surface area contributed by atoms with Gasteiger partial charge in [0.1, 0.15) is 6.54 Å². The first-order valence-corrected chi connectivity index (χ1v) is 7.80. The Morgan fingerprint density at radius 1 is 1.38 bits per heavy atom. The highest BCUT2D eigenvalue weighted by Gasteiger charge is 2.08. The Kier molecular flexibility index (Phi) is 5.08. The number of aryl methyl sites for hydroxylation is 2. The van der Waals surface area contributed by atoms with Gasteiger partial charge in [-0.3, -0.25) is 4.79 Å². The summed E-state index contributed by atoms with van der Waals surface area (Å²) in [5.41, 5.74) is 3.39. The third kappa shape index (κ3) is 4.12. The van der Waals surface area contributed by atoms with Gasteiger partial charge in [-0.05, 0) is 56.2 Å². The Hall–Kier alpha value is -1.73. The van der Waals surface area contributed by atoms with Crippen molar-refractivity contribution in [3.63, 3.8) is 0 Å². The second kappa shape index (κ2) is 6.82. The van der Waals surface area contributed by atoms with Crippen molar-refractivity contribution in [3.8, 4) is 0 Å². The predicted octanol–water partition coefficient (Wildman–Crippen LogP) is 2.76. The standard InChI is InChI=1S/C14H17N3O2S2/c1-4-19-12(18)7-15-13(20)17-14-16-10-5-8(2)9(3)6-11(10)21-14/h5-6H,4,7H2,1-3H3,(H2,15,16,17,20). The van der Waals surface area contributed by atoms with Gasteiger partial charge in [0.2, 0.25) is 0 Å². The molecule has 112 valence electrons. The van der Waals surface area contributed by atoms with E-state index in [1.165, 1.54) is 22.5 Å². The van der Waals surface area contributed by atoms with Crippen LogP contribution >= 0.6 is 23.6 Å². The molecule has 5 nitrogen and oxygen atoms in total. The van der Waals surface area contributed by atoms with Gasteiger partial charge in [0, 0.05) is 0 Å². The number of anilines is 1. The zero-order chi connectivity index (χ0) is 15.4. The van der Waals surface area contributed by atoms with Gasteiger partial charge in [0.05, 0.1) is 16.8 Å². The second-order valence-electron chi connectivity index (χ2n) is 4.54. The maximum atomic E-state index is 11.2. The molecular formula is C14H17N3O2S2. The molecule has 0 amide bonds. The summed E-state index contributed by atoms with van der Waals surface area (Å²) in [5, 5.41) is 6.84. The molecule has 0 aliphatic heterocycles. The monoisotopic (exact) mass is 323 g/mol. The van der Waals surface area contributed by atoms with Crippen LogP contribution in [-0.2, 0) is 9.53 Å². The van der Waals surface area contributed by atoms with Crippen LogP contribution in [0, 0.1) is 13.8 Å². The second-order valence-corrected chi connectivity index (χ2v) is 5.97. The summed E-state index contributed by atoms with van der Waals surface area (Å²) < 4.78 is 5.92. The fourth-order valence-corrected chi connectivity index (χ4v) is 2.92. The third-order valence-electron chi connectivity index (χ3n) is 2.92. The van der Waals surface area contributed by atoms with E-state index in [2.05, 4.69) is 41.6 Å². The highest BCUT2D eigenvalue weighted by molar-refractivity contribution is 7.80. The number of hydrogen-bond acceptors (Lipinski definition) is 5. The Morgan fingerprint density at radius 3 is 2.81 bits per heavy atom. The number of fused-ring (bicyclic) bond motifs is 1. The number of thiazole rings is 1. The van der Waals surface area contributed by atoms with E-state index in [1.54, 1.807) is 6.92 Å². The zero-order valence-electron chi connectivity index (χ0n) is 12.1. The Balaban J connectivity index is 1.99.